The number of thioether (sulfide) groups is 1. The maximum atomic E-state index is 13.5. The Labute approximate surface area is 178 Å². The summed E-state index contributed by atoms with van der Waals surface area (Å²) >= 11 is 1.42. The number of hydrogen-bond acceptors (Lipinski definition) is 5. The number of halogens is 1. The van der Waals surface area contributed by atoms with Crippen molar-refractivity contribution in [2.24, 2.45) is 0 Å². The van der Waals surface area contributed by atoms with Gasteiger partial charge >= 0.3 is 0 Å². The second-order valence-electron chi connectivity index (χ2n) is 7.59. The van der Waals surface area contributed by atoms with E-state index in [9.17, 15) is 9.18 Å². The Hall–Kier alpha value is -2.87. The lowest BCUT2D eigenvalue weighted by Gasteiger charge is -2.37. The van der Waals surface area contributed by atoms with Gasteiger partial charge in [-0.25, -0.2) is 9.07 Å². The van der Waals surface area contributed by atoms with E-state index in [4.69, 9.17) is 0 Å². The van der Waals surface area contributed by atoms with Crippen LogP contribution in [-0.2, 0) is 4.79 Å². The van der Waals surface area contributed by atoms with Crippen molar-refractivity contribution in [3.63, 3.8) is 0 Å². The zero-order chi connectivity index (χ0) is 20.5. The van der Waals surface area contributed by atoms with Crippen molar-refractivity contribution in [2.45, 2.75) is 35.7 Å². The molecule has 3 heterocycles. The van der Waals surface area contributed by atoms with Gasteiger partial charge in [-0.2, -0.15) is 0 Å². The first kappa shape index (κ1) is 19.1. The summed E-state index contributed by atoms with van der Waals surface area (Å²) in [4.78, 5) is 15.4. The molecule has 1 aromatic heterocycles. The van der Waals surface area contributed by atoms with Crippen molar-refractivity contribution in [3.8, 4) is 11.4 Å². The van der Waals surface area contributed by atoms with Crippen LogP contribution in [0, 0.1) is 5.82 Å². The zero-order valence-corrected chi connectivity index (χ0v) is 17.2. The number of hydrogen-bond donors (Lipinski definition) is 1. The summed E-state index contributed by atoms with van der Waals surface area (Å²) in [5, 5.41) is 8.96. The molecule has 0 radical (unpaired) electrons. The molecule has 5 rings (SSSR count). The molecule has 0 bridgehead atoms. The van der Waals surface area contributed by atoms with Crippen molar-refractivity contribution in [1.82, 2.24) is 19.8 Å². The number of rotatable bonds is 3. The molecule has 1 amide bonds. The SMILES string of the molecule is O=C([C@@H]1Sc2nnc(-c3ccccc3)n2N[C@@H]1c1ccc(F)cc1)N1CCCCC1. The molecular formula is C22H22FN5OS. The van der Waals surface area contributed by atoms with Gasteiger partial charge < -0.3 is 10.3 Å². The smallest absolute Gasteiger partial charge is 0.238 e. The second-order valence-corrected chi connectivity index (χ2v) is 8.70. The largest absolute Gasteiger partial charge is 0.342 e. The molecule has 0 spiro atoms. The fourth-order valence-corrected chi connectivity index (χ4v) is 5.20. The maximum Gasteiger partial charge on any atom is 0.238 e. The highest BCUT2D eigenvalue weighted by atomic mass is 32.2. The number of aromatic nitrogens is 3. The van der Waals surface area contributed by atoms with Crippen LogP contribution in [0.15, 0.2) is 59.8 Å². The average molecular weight is 424 g/mol. The summed E-state index contributed by atoms with van der Waals surface area (Å²) in [6.07, 6.45) is 3.23. The lowest BCUT2D eigenvalue weighted by Crippen LogP contribution is -2.47. The lowest BCUT2D eigenvalue weighted by molar-refractivity contribution is -0.131. The molecule has 2 atom stereocenters. The lowest BCUT2D eigenvalue weighted by atomic mass is 10.0. The van der Waals surface area contributed by atoms with Crippen LogP contribution in [0.2, 0.25) is 0 Å². The quantitative estimate of drug-likeness (QED) is 0.693. The average Bonchev–Trinajstić information content (AvgIpc) is 3.22. The van der Waals surface area contributed by atoms with Gasteiger partial charge in [0.05, 0.1) is 6.04 Å². The first-order valence-corrected chi connectivity index (χ1v) is 11.1. The minimum absolute atomic E-state index is 0.0945. The molecule has 2 aromatic carbocycles. The molecule has 6 nitrogen and oxygen atoms in total. The number of benzene rings is 2. The molecule has 30 heavy (non-hydrogen) atoms. The number of carbonyl (C=O) groups is 1. The molecular weight excluding hydrogens is 401 g/mol. The van der Waals surface area contributed by atoms with Gasteiger partial charge in [-0.1, -0.05) is 54.2 Å². The van der Waals surface area contributed by atoms with E-state index in [1.807, 2.05) is 39.9 Å². The molecule has 3 aromatic rings. The minimum atomic E-state index is -0.395. The zero-order valence-electron chi connectivity index (χ0n) is 16.4. The van der Waals surface area contributed by atoms with E-state index in [1.54, 1.807) is 12.1 Å². The van der Waals surface area contributed by atoms with Gasteiger partial charge in [-0.05, 0) is 37.0 Å². The Morgan fingerprint density at radius 3 is 2.47 bits per heavy atom. The van der Waals surface area contributed by atoms with E-state index in [2.05, 4.69) is 15.6 Å². The third kappa shape index (κ3) is 3.56. The Morgan fingerprint density at radius 1 is 1.00 bits per heavy atom. The third-order valence-electron chi connectivity index (χ3n) is 5.61. The highest BCUT2D eigenvalue weighted by Gasteiger charge is 2.40. The fourth-order valence-electron chi connectivity index (χ4n) is 4.03. The highest BCUT2D eigenvalue weighted by Crippen LogP contribution is 2.39. The van der Waals surface area contributed by atoms with Gasteiger partial charge in [0, 0.05) is 18.7 Å². The molecule has 154 valence electrons. The van der Waals surface area contributed by atoms with Gasteiger partial charge in [0.1, 0.15) is 11.1 Å². The van der Waals surface area contributed by atoms with Crippen LogP contribution in [0.4, 0.5) is 4.39 Å². The summed E-state index contributed by atoms with van der Waals surface area (Å²) in [7, 11) is 0. The Morgan fingerprint density at radius 2 is 1.73 bits per heavy atom. The first-order valence-electron chi connectivity index (χ1n) is 10.2. The van der Waals surface area contributed by atoms with Crippen LogP contribution >= 0.6 is 11.8 Å². The van der Waals surface area contributed by atoms with Gasteiger partial charge in [0.2, 0.25) is 11.1 Å². The van der Waals surface area contributed by atoms with E-state index >= 15 is 0 Å². The minimum Gasteiger partial charge on any atom is -0.342 e. The van der Waals surface area contributed by atoms with Gasteiger partial charge in [0.25, 0.3) is 0 Å². The maximum absolute atomic E-state index is 13.5. The topological polar surface area (TPSA) is 63.1 Å². The number of amides is 1. The molecule has 2 aliphatic heterocycles. The van der Waals surface area contributed by atoms with E-state index in [-0.39, 0.29) is 17.8 Å². The summed E-state index contributed by atoms with van der Waals surface area (Å²) in [6.45, 7) is 1.57. The molecule has 2 aliphatic rings. The molecule has 0 aliphatic carbocycles. The van der Waals surface area contributed by atoms with Crippen molar-refractivity contribution in [3.05, 3.63) is 66.0 Å². The number of likely N-dealkylation sites (tertiary alicyclic amines) is 1. The van der Waals surface area contributed by atoms with Crippen LogP contribution in [0.25, 0.3) is 11.4 Å². The van der Waals surface area contributed by atoms with E-state index < -0.39 is 5.25 Å². The van der Waals surface area contributed by atoms with Gasteiger partial charge in [0.15, 0.2) is 5.82 Å². The molecule has 1 saturated heterocycles. The molecule has 1 N–H and O–H groups in total. The number of nitrogens with one attached hydrogen (secondary N) is 1. The van der Waals surface area contributed by atoms with Crippen molar-refractivity contribution < 1.29 is 9.18 Å². The Kier molecular flexibility index (Phi) is 5.16. The third-order valence-corrected chi connectivity index (χ3v) is 6.81. The highest BCUT2D eigenvalue weighted by molar-refractivity contribution is 8.00. The van der Waals surface area contributed by atoms with Crippen molar-refractivity contribution in [2.75, 3.05) is 18.5 Å². The molecule has 0 unspecified atom stereocenters. The Bertz CT molecular complexity index is 1030. The predicted molar refractivity (Wildman–Crippen MR) is 114 cm³/mol. The Balaban J connectivity index is 1.53. The van der Waals surface area contributed by atoms with Crippen LogP contribution in [-0.4, -0.2) is 44.0 Å². The van der Waals surface area contributed by atoms with Gasteiger partial charge in [-0.3, -0.25) is 4.79 Å². The van der Waals surface area contributed by atoms with Crippen LogP contribution in [0.3, 0.4) is 0 Å². The summed E-state index contributed by atoms with van der Waals surface area (Å²) in [6, 6.07) is 15.8. The number of piperidine rings is 1. The predicted octanol–water partition coefficient (Wildman–Crippen LogP) is 3.86. The monoisotopic (exact) mass is 423 g/mol. The normalized spacial score (nSPS) is 21.0. The van der Waals surface area contributed by atoms with E-state index in [0.29, 0.717) is 11.0 Å². The van der Waals surface area contributed by atoms with Gasteiger partial charge in [-0.15, -0.1) is 10.2 Å². The second kappa shape index (κ2) is 8.10. The summed E-state index contributed by atoms with van der Waals surface area (Å²) in [5.41, 5.74) is 5.24. The van der Waals surface area contributed by atoms with Crippen LogP contribution in [0.5, 0.6) is 0 Å². The summed E-state index contributed by atoms with van der Waals surface area (Å²) < 4.78 is 15.4. The summed E-state index contributed by atoms with van der Waals surface area (Å²) in [5.74, 6) is 0.488. The number of nitrogens with zero attached hydrogens (tertiary/aromatic N) is 4. The van der Waals surface area contributed by atoms with Crippen LogP contribution < -0.4 is 5.43 Å². The van der Waals surface area contributed by atoms with Crippen LogP contribution in [0.1, 0.15) is 30.9 Å². The molecule has 8 heteroatoms. The first-order chi connectivity index (χ1) is 14.7. The van der Waals surface area contributed by atoms with Crippen molar-refractivity contribution >= 4 is 17.7 Å². The standard InChI is InChI=1S/C22H22FN5OS/c23-17-11-9-15(10-12-17)18-19(21(29)27-13-5-2-6-14-27)30-22-25-24-20(28(22)26-18)16-7-3-1-4-8-16/h1,3-4,7-12,18-19,26H,2,5-6,13-14H2/t18-,19-/m1/s1. The van der Waals surface area contributed by atoms with E-state index in [0.717, 1.165) is 43.5 Å². The molecule has 0 saturated carbocycles. The van der Waals surface area contributed by atoms with E-state index in [1.165, 1.54) is 23.9 Å². The number of carbonyl (C=O) groups excluding carboxylic acids is 1. The number of fused-ring (bicyclic) bond motifs is 1. The molecule has 1 fully saturated rings. The fraction of sp³-hybridized carbons (Fsp3) is 0.318. The van der Waals surface area contributed by atoms with Crippen molar-refractivity contribution in [1.29, 1.82) is 0 Å².